The van der Waals surface area contributed by atoms with Crippen LogP contribution in [0.5, 0.6) is 0 Å². The van der Waals surface area contributed by atoms with E-state index in [1.54, 1.807) is 0 Å². The van der Waals surface area contributed by atoms with Crippen LogP contribution in [0.3, 0.4) is 0 Å². The highest BCUT2D eigenvalue weighted by Gasteiger charge is 2.15. The van der Waals surface area contributed by atoms with Crippen molar-refractivity contribution in [3.05, 3.63) is 89.5 Å². The molecule has 5 nitrogen and oxygen atoms in total. The van der Waals surface area contributed by atoms with Crippen LogP contribution in [0, 0.1) is 6.92 Å². The molecule has 2 heterocycles. The summed E-state index contributed by atoms with van der Waals surface area (Å²) in [4.78, 5) is 15.3. The van der Waals surface area contributed by atoms with Crippen LogP contribution in [0.1, 0.15) is 21.5 Å². The lowest BCUT2D eigenvalue weighted by Crippen LogP contribution is -2.42. The number of para-hydroxylation sites is 1. The number of carbonyl (C=O) groups excluding carboxylic acids is 1. The van der Waals surface area contributed by atoms with Crippen LogP contribution in [0.2, 0.25) is 0 Å². The standard InChI is InChI=1S/C27H27N3O2/c1-19-6-2-3-7-22(19)27(31)29-24-9-5-4-8-23(24)26-17-21-11-10-20(16-25(21)32-26)18-30-14-12-28-13-15-30/h2-11,16-17,28H,12-15,18H2,1H3,(H,29,31). The fourth-order valence-corrected chi connectivity index (χ4v) is 4.26. The Hall–Kier alpha value is -3.41. The van der Waals surface area contributed by atoms with E-state index in [1.807, 2.05) is 61.5 Å². The molecule has 0 radical (unpaired) electrons. The smallest absolute Gasteiger partial charge is 0.255 e. The molecule has 1 aliphatic heterocycles. The summed E-state index contributed by atoms with van der Waals surface area (Å²) in [7, 11) is 0. The zero-order valence-electron chi connectivity index (χ0n) is 18.2. The molecule has 162 valence electrons. The van der Waals surface area contributed by atoms with Crippen LogP contribution in [0.15, 0.2) is 77.2 Å². The Labute approximate surface area is 188 Å². The van der Waals surface area contributed by atoms with E-state index in [4.69, 9.17) is 4.42 Å². The van der Waals surface area contributed by atoms with Gasteiger partial charge in [-0.15, -0.1) is 0 Å². The fourth-order valence-electron chi connectivity index (χ4n) is 4.26. The quantitative estimate of drug-likeness (QED) is 0.469. The van der Waals surface area contributed by atoms with E-state index in [1.165, 1.54) is 5.56 Å². The Balaban J connectivity index is 1.41. The zero-order valence-corrected chi connectivity index (χ0v) is 18.2. The topological polar surface area (TPSA) is 57.5 Å². The SMILES string of the molecule is Cc1ccccc1C(=O)Nc1ccccc1-c1cc2ccc(CN3CCNCC3)cc2o1. The van der Waals surface area contributed by atoms with Crippen molar-refractivity contribution >= 4 is 22.6 Å². The number of piperazine rings is 1. The van der Waals surface area contributed by atoms with E-state index in [2.05, 4.69) is 33.7 Å². The molecule has 0 aliphatic carbocycles. The number of anilines is 1. The van der Waals surface area contributed by atoms with Crippen LogP contribution in [0.25, 0.3) is 22.3 Å². The average molecular weight is 426 g/mol. The maximum Gasteiger partial charge on any atom is 0.255 e. The minimum absolute atomic E-state index is 0.120. The summed E-state index contributed by atoms with van der Waals surface area (Å²) >= 11 is 0. The first-order chi connectivity index (χ1) is 15.7. The first kappa shape index (κ1) is 20.5. The van der Waals surface area contributed by atoms with Gasteiger partial charge in [-0.3, -0.25) is 9.69 Å². The van der Waals surface area contributed by atoms with Gasteiger partial charge in [-0.25, -0.2) is 0 Å². The normalized spacial score (nSPS) is 14.5. The van der Waals surface area contributed by atoms with E-state index in [9.17, 15) is 4.79 Å². The van der Waals surface area contributed by atoms with Gasteiger partial charge in [-0.1, -0.05) is 42.5 Å². The first-order valence-corrected chi connectivity index (χ1v) is 11.1. The fraction of sp³-hybridized carbons (Fsp3) is 0.222. The maximum absolute atomic E-state index is 12.9. The summed E-state index contributed by atoms with van der Waals surface area (Å²) in [6, 6.07) is 23.8. The lowest BCUT2D eigenvalue weighted by Gasteiger charge is -2.27. The molecular formula is C27H27N3O2. The number of carbonyl (C=O) groups is 1. The lowest BCUT2D eigenvalue weighted by molar-refractivity contribution is 0.102. The number of fused-ring (bicyclic) bond motifs is 1. The van der Waals surface area contributed by atoms with E-state index in [0.717, 1.165) is 66.3 Å². The number of nitrogens with zero attached hydrogens (tertiary/aromatic N) is 1. The molecule has 32 heavy (non-hydrogen) atoms. The summed E-state index contributed by atoms with van der Waals surface area (Å²) < 4.78 is 6.25. The molecule has 2 N–H and O–H groups in total. The van der Waals surface area contributed by atoms with Gasteiger partial charge < -0.3 is 15.1 Å². The van der Waals surface area contributed by atoms with Crippen molar-refractivity contribution in [1.82, 2.24) is 10.2 Å². The summed E-state index contributed by atoms with van der Waals surface area (Å²) in [5, 5.41) is 7.52. The number of aryl methyl sites for hydroxylation is 1. The van der Waals surface area contributed by atoms with Gasteiger partial charge in [-0.2, -0.15) is 0 Å². The molecule has 3 aromatic carbocycles. The van der Waals surface area contributed by atoms with E-state index >= 15 is 0 Å². The van der Waals surface area contributed by atoms with Gasteiger partial charge in [0.15, 0.2) is 0 Å². The molecule has 0 unspecified atom stereocenters. The molecule has 1 fully saturated rings. The largest absolute Gasteiger partial charge is 0.456 e. The van der Waals surface area contributed by atoms with E-state index in [0.29, 0.717) is 5.56 Å². The number of amides is 1. The number of furan rings is 1. The zero-order chi connectivity index (χ0) is 21.9. The molecule has 1 saturated heterocycles. The van der Waals surface area contributed by atoms with E-state index < -0.39 is 0 Å². The van der Waals surface area contributed by atoms with E-state index in [-0.39, 0.29) is 5.91 Å². The second-order valence-corrected chi connectivity index (χ2v) is 8.32. The predicted molar refractivity (Wildman–Crippen MR) is 129 cm³/mol. The number of hydrogen-bond acceptors (Lipinski definition) is 4. The number of nitrogens with one attached hydrogen (secondary N) is 2. The molecule has 1 amide bonds. The highest BCUT2D eigenvalue weighted by Crippen LogP contribution is 2.33. The third-order valence-electron chi connectivity index (χ3n) is 6.03. The van der Waals surface area contributed by atoms with Crippen molar-refractivity contribution in [3.63, 3.8) is 0 Å². The minimum atomic E-state index is -0.120. The minimum Gasteiger partial charge on any atom is -0.456 e. The summed E-state index contributed by atoms with van der Waals surface area (Å²) in [6.07, 6.45) is 0. The molecular weight excluding hydrogens is 398 g/mol. The second kappa shape index (κ2) is 8.99. The first-order valence-electron chi connectivity index (χ1n) is 11.1. The Morgan fingerprint density at radius 1 is 1.00 bits per heavy atom. The Morgan fingerprint density at radius 2 is 1.78 bits per heavy atom. The second-order valence-electron chi connectivity index (χ2n) is 8.32. The van der Waals surface area contributed by atoms with Crippen LogP contribution in [-0.4, -0.2) is 37.0 Å². The number of hydrogen-bond donors (Lipinski definition) is 2. The van der Waals surface area contributed by atoms with Gasteiger partial charge in [0.1, 0.15) is 11.3 Å². The third kappa shape index (κ3) is 4.31. The van der Waals surface area contributed by atoms with Gasteiger partial charge in [0.25, 0.3) is 5.91 Å². The summed E-state index contributed by atoms with van der Waals surface area (Å²) in [5.41, 5.74) is 5.34. The summed E-state index contributed by atoms with van der Waals surface area (Å²) in [6.45, 7) is 7.08. The molecule has 4 aromatic rings. The van der Waals surface area contributed by atoms with Crippen molar-refractivity contribution in [1.29, 1.82) is 0 Å². The van der Waals surface area contributed by atoms with Crippen LogP contribution >= 0.6 is 0 Å². The Kier molecular flexibility index (Phi) is 5.75. The predicted octanol–water partition coefficient (Wildman–Crippen LogP) is 5.07. The van der Waals surface area contributed by atoms with Crippen molar-refractivity contribution in [2.45, 2.75) is 13.5 Å². The molecule has 0 saturated carbocycles. The molecule has 0 spiro atoms. The van der Waals surface area contributed by atoms with Crippen LogP contribution in [0.4, 0.5) is 5.69 Å². The van der Waals surface area contributed by atoms with Gasteiger partial charge in [0.05, 0.1) is 5.69 Å². The third-order valence-corrected chi connectivity index (χ3v) is 6.03. The highest BCUT2D eigenvalue weighted by molar-refractivity contribution is 6.07. The molecule has 1 aromatic heterocycles. The van der Waals surface area contributed by atoms with Crippen molar-refractivity contribution in [3.8, 4) is 11.3 Å². The molecule has 1 aliphatic rings. The molecule has 0 bridgehead atoms. The molecule has 0 atom stereocenters. The Morgan fingerprint density at radius 3 is 2.62 bits per heavy atom. The molecule has 5 heteroatoms. The molecule has 5 rings (SSSR count). The average Bonchev–Trinajstić information content (AvgIpc) is 3.23. The Bertz CT molecular complexity index is 1250. The van der Waals surface area contributed by atoms with Crippen molar-refractivity contribution in [2.75, 3.05) is 31.5 Å². The van der Waals surface area contributed by atoms with Crippen LogP contribution < -0.4 is 10.6 Å². The van der Waals surface area contributed by atoms with Crippen molar-refractivity contribution < 1.29 is 9.21 Å². The van der Waals surface area contributed by atoms with Crippen LogP contribution in [-0.2, 0) is 6.54 Å². The maximum atomic E-state index is 12.9. The monoisotopic (exact) mass is 425 g/mol. The number of benzene rings is 3. The van der Waals surface area contributed by atoms with Gasteiger partial charge in [0, 0.05) is 49.2 Å². The number of rotatable bonds is 5. The highest BCUT2D eigenvalue weighted by atomic mass is 16.3. The van der Waals surface area contributed by atoms with Crippen molar-refractivity contribution in [2.24, 2.45) is 0 Å². The van der Waals surface area contributed by atoms with Gasteiger partial charge in [-0.05, 0) is 48.4 Å². The van der Waals surface area contributed by atoms with Gasteiger partial charge in [0.2, 0.25) is 0 Å². The summed E-state index contributed by atoms with van der Waals surface area (Å²) in [5.74, 6) is 0.630. The van der Waals surface area contributed by atoms with Gasteiger partial charge >= 0.3 is 0 Å². The lowest BCUT2D eigenvalue weighted by atomic mass is 10.1.